The summed E-state index contributed by atoms with van der Waals surface area (Å²) in [6, 6.07) is 19.3. The maximum atomic E-state index is 13.9. The minimum absolute atomic E-state index is 0.0226. The number of benzene rings is 3. The van der Waals surface area contributed by atoms with Crippen molar-refractivity contribution in [1.29, 1.82) is 0 Å². The molecule has 0 aliphatic carbocycles. The van der Waals surface area contributed by atoms with Crippen LogP contribution in [0.3, 0.4) is 0 Å². The number of carbonyl (C=O) groups excluding carboxylic acids is 2. The van der Waals surface area contributed by atoms with E-state index in [-0.39, 0.29) is 23.0 Å². The Hall–Kier alpha value is -4.05. The Bertz CT molecular complexity index is 1380. The maximum Gasteiger partial charge on any atom is 0.264 e. The molecule has 1 atom stereocenters. The van der Waals surface area contributed by atoms with Gasteiger partial charge in [-0.25, -0.2) is 8.42 Å². The molecule has 0 aliphatic rings. The molecule has 3 aromatic carbocycles. The van der Waals surface area contributed by atoms with E-state index in [0.717, 1.165) is 15.4 Å². The number of hydrogen-bond donors (Lipinski definition) is 1. The molecule has 0 aliphatic heterocycles. The fourth-order valence-electron chi connectivity index (χ4n) is 4.02. The number of methoxy groups -OCH3 is 2. The molecule has 39 heavy (non-hydrogen) atoms. The number of nitrogens with one attached hydrogen (secondary N) is 1. The first-order valence-electron chi connectivity index (χ1n) is 12.5. The van der Waals surface area contributed by atoms with Gasteiger partial charge in [-0.2, -0.15) is 0 Å². The van der Waals surface area contributed by atoms with E-state index in [1.165, 1.54) is 37.3 Å². The first-order valence-corrected chi connectivity index (χ1v) is 14.0. The van der Waals surface area contributed by atoms with Gasteiger partial charge in [-0.05, 0) is 50.6 Å². The van der Waals surface area contributed by atoms with E-state index in [1.54, 1.807) is 44.2 Å². The summed E-state index contributed by atoms with van der Waals surface area (Å²) in [6.07, 6.45) is 0. The van der Waals surface area contributed by atoms with Crippen LogP contribution in [0, 0.1) is 6.92 Å². The predicted molar refractivity (Wildman–Crippen MR) is 150 cm³/mol. The molecule has 1 N–H and O–H groups in total. The van der Waals surface area contributed by atoms with Gasteiger partial charge in [0.15, 0.2) is 11.5 Å². The standard InChI is InChI=1S/C29H35N3O6S/c1-6-30-29(34)22(3)31(19-23-14-12-21(2)13-15-23)28(33)20-32(39(35,36)25-10-8-7-9-11-25)24-16-17-26(37-4)27(18-24)38-5/h7-18,22H,6,19-20H2,1-5H3,(H,30,34)/t22-/m1/s1. The fourth-order valence-corrected chi connectivity index (χ4v) is 5.45. The third kappa shape index (κ3) is 7.08. The molecule has 3 rings (SSSR count). The molecular formula is C29H35N3O6S. The van der Waals surface area contributed by atoms with Crippen LogP contribution in [0.1, 0.15) is 25.0 Å². The number of carbonyl (C=O) groups is 2. The van der Waals surface area contributed by atoms with E-state index in [9.17, 15) is 18.0 Å². The van der Waals surface area contributed by atoms with Crippen LogP contribution < -0.4 is 19.1 Å². The minimum Gasteiger partial charge on any atom is -0.493 e. The van der Waals surface area contributed by atoms with E-state index >= 15 is 0 Å². The van der Waals surface area contributed by atoms with Crippen molar-refractivity contribution in [3.8, 4) is 11.5 Å². The number of aryl methyl sites for hydroxylation is 1. The molecule has 3 aromatic rings. The number of nitrogens with zero attached hydrogens (tertiary/aromatic N) is 2. The zero-order valence-electron chi connectivity index (χ0n) is 22.9. The van der Waals surface area contributed by atoms with Gasteiger partial charge in [0.25, 0.3) is 10.0 Å². The van der Waals surface area contributed by atoms with Gasteiger partial charge in [-0.15, -0.1) is 0 Å². The van der Waals surface area contributed by atoms with E-state index in [1.807, 2.05) is 31.2 Å². The summed E-state index contributed by atoms with van der Waals surface area (Å²) >= 11 is 0. The number of likely N-dealkylation sites (N-methyl/N-ethyl adjacent to an activating group) is 1. The van der Waals surface area contributed by atoms with Gasteiger partial charge in [0.05, 0.1) is 24.8 Å². The summed E-state index contributed by atoms with van der Waals surface area (Å²) in [7, 11) is -1.25. The molecule has 0 saturated heterocycles. The van der Waals surface area contributed by atoms with Gasteiger partial charge in [-0.1, -0.05) is 48.0 Å². The molecule has 0 saturated carbocycles. The lowest BCUT2D eigenvalue weighted by atomic mass is 10.1. The number of anilines is 1. The second kappa shape index (κ2) is 13.1. The average molecular weight is 554 g/mol. The summed E-state index contributed by atoms with van der Waals surface area (Å²) in [6.45, 7) is 5.37. The summed E-state index contributed by atoms with van der Waals surface area (Å²) in [5.74, 6) is -0.149. The van der Waals surface area contributed by atoms with E-state index < -0.39 is 28.5 Å². The highest BCUT2D eigenvalue weighted by Gasteiger charge is 2.32. The molecule has 0 spiro atoms. The van der Waals surface area contributed by atoms with Crippen LogP contribution in [-0.2, 0) is 26.2 Å². The molecule has 0 heterocycles. The van der Waals surface area contributed by atoms with Crippen molar-refractivity contribution in [2.75, 3.05) is 31.6 Å². The number of hydrogen-bond acceptors (Lipinski definition) is 6. The highest BCUT2D eigenvalue weighted by molar-refractivity contribution is 7.92. The number of sulfonamides is 1. The molecular weight excluding hydrogens is 518 g/mol. The van der Waals surface area contributed by atoms with Gasteiger partial charge < -0.3 is 19.7 Å². The van der Waals surface area contributed by atoms with E-state index in [2.05, 4.69) is 5.32 Å². The second-order valence-corrected chi connectivity index (χ2v) is 10.8. The lowest BCUT2D eigenvalue weighted by Crippen LogP contribution is -2.51. The van der Waals surface area contributed by atoms with Gasteiger partial charge in [-0.3, -0.25) is 13.9 Å². The van der Waals surface area contributed by atoms with Crippen LogP contribution in [0.25, 0.3) is 0 Å². The number of amides is 2. The first-order chi connectivity index (χ1) is 18.6. The lowest BCUT2D eigenvalue weighted by molar-refractivity contribution is -0.139. The monoisotopic (exact) mass is 553 g/mol. The molecule has 0 aromatic heterocycles. The predicted octanol–water partition coefficient (Wildman–Crippen LogP) is 3.76. The summed E-state index contributed by atoms with van der Waals surface area (Å²) in [5.41, 5.74) is 2.08. The smallest absolute Gasteiger partial charge is 0.264 e. The Morgan fingerprint density at radius 1 is 0.923 bits per heavy atom. The molecule has 0 radical (unpaired) electrons. The van der Waals surface area contributed by atoms with E-state index in [0.29, 0.717) is 18.0 Å². The Morgan fingerprint density at radius 3 is 2.15 bits per heavy atom. The van der Waals surface area contributed by atoms with Gasteiger partial charge in [0, 0.05) is 19.2 Å². The maximum absolute atomic E-state index is 13.9. The van der Waals surface area contributed by atoms with Crippen LogP contribution in [-0.4, -0.2) is 58.5 Å². The third-order valence-corrected chi connectivity index (χ3v) is 8.05. The molecule has 0 fully saturated rings. The normalized spacial score (nSPS) is 11.8. The van der Waals surface area contributed by atoms with Crippen LogP contribution >= 0.6 is 0 Å². The molecule has 0 bridgehead atoms. The summed E-state index contributed by atoms with van der Waals surface area (Å²) in [5, 5.41) is 2.75. The van der Waals surface area contributed by atoms with Crippen LogP contribution in [0.4, 0.5) is 5.69 Å². The van der Waals surface area contributed by atoms with Gasteiger partial charge in [0.2, 0.25) is 11.8 Å². The van der Waals surface area contributed by atoms with Crippen molar-refractivity contribution >= 4 is 27.5 Å². The van der Waals surface area contributed by atoms with Crippen LogP contribution in [0.2, 0.25) is 0 Å². The topological polar surface area (TPSA) is 105 Å². The number of rotatable bonds is 12. The Morgan fingerprint density at radius 2 is 1.56 bits per heavy atom. The SMILES string of the molecule is CCNC(=O)[C@@H](C)N(Cc1ccc(C)cc1)C(=O)CN(c1ccc(OC)c(OC)c1)S(=O)(=O)c1ccccc1. The summed E-state index contributed by atoms with van der Waals surface area (Å²) in [4.78, 5) is 28.1. The lowest BCUT2D eigenvalue weighted by Gasteiger charge is -2.32. The molecule has 10 heteroatoms. The largest absolute Gasteiger partial charge is 0.493 e. The Labute approximate surface area is 230 Å². The molecule has 9 nitrogen and oxygen atoms in total. The fraction of sp³-hybridized carbons (Fsp3) is 0.310. The Balaban J connectivity index is 2.07. The van der Waals surface area contributed by atoms with Crippen molar-refractivity contribution in [2.24, 2.45) is 0 Å². The van der Waals surface area contributed by atoms with E-state index in [4.69, 9.17) is 9.47 Å². The van der Waals surface area contributed by atoms with Gasteiger partial charge >= 0.3 is 0 Å². The molecule has 2 amide bonds. The van der Waals surface area contributed by atoms with Crippen molar-refractivity contribution in [2.45, 2.75) is 38.3 Å². The van der Waals surface area contributed by atoms with Crippen molar-refractivity contribution < 1.29 is 27.5 Å². The highest BCUT2D eigenvalue weighted by Crippen LogP contribution is 2.34. The third-order valence-electron chi connectivity index (χ3n) is 6.26. The second-order valence-electron chi connectivity index (χ2n) is 8.94. The van der Waals surface area contributed by atoms with Crippen molar-refractivity contribution in [3.05, 3.63) is 83.9 Å². The number of ether oxygens (including phenoxy) is 2. The first kappa shape index (κ1) is 29.5. The van der Waals surface area contributed by atoms with Crippen molar-refractivity contribution in [1.82, 2.24) is 10.2 Å². The average Bonchev–Trinajstić information content (AvgIpc) is 2.95. The van der Waals surface area contributed by atoms with Crippen LogP contribution in [0.15, 0.2) is 77.7 Å². The quantitative estimate of drug-likeness (QED) is 0.366. The zero-order valence-corrected chi connectivity index (χ0v) is 23.7. The minimum atomic E-state index is -4.17. The summed E-state index contributed by atoms with van der Waals surface area (Å²) < 4.78 is 39.4. The molecule has 0 unspecified atom stereocenters. The highest BCUT2D eigenvalue weighted by atomic mass is 32.2. The molecule has 208 valence electrons. The van der Waals surface area contributed by atoms with Gasteiger partial charge in [0.1, 0.15) is 12.6 Å². The zero-order chi connectivity index (χ0) is 28.6. The van der Waals surface area contributed by atoms with Crippen molar-refractivity contribution in [3.63, 3.8) is 0 Å². The van der Waals surface area contributed by atoms with Crippen LogP contribution in [0.5, 0.6) is 11.5 Å². The Kier molecular flexibility index (Phi) is 9.95.